The largest absolute Gasteiger partial charge is 0.268 e. The van der Waals surface area contributed by atoms with Crippen LogP contribution in [0, 0.1) is 0 Å². The average Bonchev–Trinajstić information content (AvgIpc) is 2.30. The molecule has 3 aromatic heterocycles. The van der Waals surface area contributed by atoms with Crippen molar-refractivity contribution >= 4 is 16.6 Å². The van der Waals surface area contributed by atoms with E-state index in [-0.39, 0.29) is 5.56 Å². The van der Waals surface area contributed by atoms with Gasteiger partial charge in [0.05, 0.1) is 10.9 Å². The molecular formula is C11H7N3O. The van der Waals surface area contributed by atoms with Crippen LogP contribution in [0.5, 0.6) is 0 Å². The number of rotatable bonds is 0. The van der Waals surface area contributed by atoms with Gasteiger partial charge in [-0.1, -0.05) is 6.07 Å². The molecule has 0 unspecified atom stereocenters. The maximum absolute atomic E-state index is 12.0. The van der Waals surface area contributed by atoms with E-state index in [1.54, 1.807) is 36.8 Å². The van der Waals surface area contributed by atoms with Gasteiger partial charge in [-0.05, 0) is 18.2 Å². The number of pyridine rings is 2. The highest BCUT2D eigenvalue weighted by Gasteiger charge is 2.03. The van der Waals surface area contributed by atoms with Gasteiger partial charge < -0.3 is 0 Å². The number of hydrogen-bond acceptors (Lipinski definition) is 3. The van der Waals surface area contributed by atoms with E-state index in [1.165, 1.54) is 4.40 Å². The monoisotopic (exact) mass is 197 g/mol. The van der Waals surface area contributed by atoms with Gasteiger partial charge in [0, 0.05) is 18.6 Å². The average molecular weight is 197 g/mol. The van der Waals surface area contributed by atoms with E-state index in [2.05, 4.69) is 9.97 Å². The van der Waals surface area contributed by atoms with Crippen LogP contribution < -0.4 is 5.56 Å². The third kappa shape index (κ3) is 1.11. The molecule has 0 saturated heterocycles. The van der Waals surface area contributed by atoms with Crippen molar-refractivity contribution in [2.75, 3.05) is 0 Å². The number of hydrogen-bond donors (Lipinski definition) is 0. The Balaban J connectivity index is 2.66. The van der Waals surface area contributed by atoms with Crippen molar-refractivity contribution in [3.63, 3.8) is 0 Å². The highest BCUT2D eigenvalue weighted by molar-refractivity contribution is 5.78. The number of nitrogens with zero attached hydrogens (tertiary/aromatic N) is 3. The zero-order chi connectivity index (χ0) is 10.3. The molecule has 0 aliphatic carbocycles. The second-order valence-electron chi connectivity index (χ2n) is 3.24. The molecule has 0 aliphatic heterocycles. The summed E-state index contributed by atoms with van der Waals surface area (Å²) < 4.78 is 1.52. The fourth-order valence-corrected chi connectivity index (χ4v) is 1.60. The summed E-state index contributed by atoms with van der Waals surface area (Å²) in [6.45, 7) is 0. The maximum Gasteiger partial charge on any atom is 0.267 e. The molecule has 3 heterocycles. The summed E-state index contributed by atoms with van der Waals surface area (Å²) in [6, 6.07) is 7.21. The van der Waals surface area contributed by atoms with Gasteiger partial charge in [0.15, 0.2) is 0 Å². The van der Waals surface area contributed by atoms with Crippen molar-refractivity contribution in [2.45, 2.75) is 0 Å². The van der Waals surface area contributed by atoms with Crippen molar-refractivity contribution < 1.29 is 0 Å². The molecule has 0 N–H and O–H groups in total. The van der Waals surface area contributed by atoms with Crippen molar-refractivity contribution in [3.05, 3.63) is 53.2 Å². The molecule has 3 aromatic rings. The van der Waals surface area contributed by atoms with Crippen LogP contribution in [0.1, 0.15) is 0 Å². The third-order valence-electron chi connectivity index (χ3n) is 2.32. The number of aromatic nitrogens is 3. The van der Waals surface area contributed by atoms with Crippen molar-refractivity contribution in [2.24, 2.45) is 0 Å². The van der Waals surface area contributed by atoms with Crippen LogP contribution in [0.15, 0.2) is 47.7 Å². The zero-order valence-corrected chi connectivity index (χ0v) is 7.79. The minimum absolute atomic E-state index is 0.0799. The van der Waals surface area contributed by atoms with E-state index in [9.17, 15) is 4.79 Å². The van der Waals surface area contributed by atoms with Crippen LogP contribution >= 0.6 is 0 Å². The Morgan fingerprint density at radius 1 is 1.20 bits per heavy atom. The first-order chi connectivity index (χ1) is 7.36. The van der Waals surface area contributed by atoms with E-state index in [1.807, 2.05) is 6.07 Å². The van der Waals surface area contributed by atoms with Crippen molar-refractivity contribution in [1.82, 2.24) is 14.4 Å². The molecular weight excluding hydrogens is 190 g/mol. The summed E-state index contributed by atoms with van der Waals surface area (Å²) in [5.41, 5.74) is 1.26. The van der Waals surface area contributed by atoms with Crippen LogP contribution in [0.4, 0.5) is 0 Å². The topological polar surface area (TPSA) is 47.3 Å². The van der Waals surface area contributed by atoms with Gasteiger partial charge in [-0.2, -0.15) is 0 Å². The molecule has 15 heavy (non-hydrogen) atoms. The Kier molecular flexibility index (Phi) is 1.56. The maximum atomic E-state index is 12.0. The van der Waals surface area contributed by atoms with Crippen LogP contribution in [0.2, 0.25) is 0 Å². The predicted molar refractivity (Wildman–Crippen MR) is 56.8 cm³/mol. The molecule has 4 nitrogen and oxygen atoms in total. The first kappa shape index (κ1) is 8.11. The molecule has 0 spiro atoms. The van der Waals surface area contributed by atoms with E-state index in [4.69, 9.17) is 0 Å². The molecule has 4 heteroatoms. The van der Waals surface area contributed by atoms with Gasteiger partial charge in [0.25, 0.3) is 5.56 Å². The highest BCUT2D eigenvalue weighted by atomic mass is 16.1. The smallest absolute Gasteiger partial charge is 0.267 e. The molecule has 0 saturated carbocycles. The molecule has 0 radical (unpaired) electrons. The van der Waals surface area contributed by atoms with Gasteiger partial charge in [-0.25, -0.2) is 4.98 Å². The Bertz CT molecular complexity index is 646. The Morgan fingerprint density at radius 3 is 3.07 bits per heavy atom. The molecule has 0 atom stereocenters. The molecule has 0 aromatic carbocycles. The fourth-order valence-electron chi connectivity index (χ4n) is 1.60. The summed E-state index contributed by atoms with van der Waals surface area (Å²) in [7, 11) is 0. The second kappa shape index (κ2) is 2.88. The van der Waals surface area contributed by atoms with Crippen LogP contribution in [-0.4, -0.2) is 14.4 Å². The lowest BCUT2D eigenvalue weighted by atomic mass is 10.3. The van der Waals surface area contributed by atoms with Gasteiger partial charge in [-0.3, -0.25) is 14.2 Å². The van der Waals surface area contributed by atoms with Gasteiger partial charge >= 0.3 is 0 Å². The molecule has 0 amide bonds. The first-order valence-corrected chi connectivity index (χ1v) is 4.57. The van der Waals surface area contributed by atoms with Crippen LogP contribution in [-0.2, 0) is 0 Å². The minimum atomic E-state index is -0.0799. The molecule has 0 fully saturated rings. The standard InChI is InChI=1S/C11H7N3O/c15-11-8-7-12-5-4-9(8)13-10-3-1-2-6-14(10)11/h1-7H. The predicted octanol–water partition coefficient (Wildman–Crippen LogP) is 1.24. The lowest BCUT2D eigenvalue weighted by Gasteiger charge is -2.01. The van der Waals surface area contributed by atoms with Gasteiger partial charge in [-0.15, -0.1) is 0 Å². The molecule has 0 aliphatic rings. The van der Waals surface area contributed by atoms with Crippen LogP contribution in [0.3, 0.4) is 0 Å². The summed E-state index contributed by atoms with van der Waals surface area (Å²) in [4.78, 5) is 20.3. The second-order valence-corrected chi connectivity index (χ2v) is 3.24. The fraction of sp³-hybridized carbons (Fsp3) is 0. The lowest BCUT2D eigenvalue weighted by molar-refractivity contribution is 1.07. The quantitative estimate of drug-likeness (QED) is 0.509. The summed E-state index contributed by atoms with van der Waals surface area (Å²) >= 11 is 0. The van der Waals surface area contributed by atoms with E-state index in [0.29, 0.717) is 16.6 Å². The molecule has 0 bridgehead atoms. The van der Waals surface area contributed by atoms with E-state index < -0.39 is 0 Å². The Morgan fingerprint density at radius 2 is 2.13 bits per heavy atom. The van der Waals surface area contributed by atoms with E-state index in [0.717, 1.165) is 0 Å². The summed E-state index contributed by atoms with van der Waals surface area (Å²) in [5, 5.41) is 0.543. The van der Waals surface area contributed by atoms with Crippen molar-refractivity contribution in [3.8, 4) is 0 Å². The zero-order valence-electron chi connectivity index (χ0n) is 7.79. The van der Waals surface area contributed by atoms with Gasteiger partial charge in [0.2, 0.25) is 0 Å². The minimum Gasteiger partial charge on any atom is -0.268 e. The van der Waals surface area contributed by atoms with E-state index >= 15 is 0 Å². The Labute approximate surface area is 84.8 Å². The molecule has 3 rings (SSSR count). The number of fused-ring (bicyclic) bond motifs is 2. The van der Waals surface area contributed by atoms with Gasteiger partial charge in [0.1, 0.15) is 5.65 Å². The summed E-state index contributed by atoms with van der Waals surface area (Å²) in [5.74, 6) is 0. The summed E-state index contributed by atoms with van der Waals surface area (Å²) in [6.07, 6.45) is 4.88. The molecule has 72 valence electrons. The normalized spacial score (nSPS) is 10.9. The van der Waals surface area contributed by atoms with Crippen molar-refractivity contribution in [1.29, 1.82) is 0 Å². The Hall–Kier alpha value is -2.23. The lowest BCUT2D eigenvalue weighted by Crippen LogP contribution is -2.14. The third-order valence-corrected chi connectivity index (χ3v) is 2.32. The first-order valence-electron chi connectivity index (χ1n) is 4.57. The SMILES string of the molecule is O=c1c2cnccc2nc2ccccn12. The van der Waals surface area contributed by atoms with Crippen LogP contribution in [0.25, 0.3) is 16.6 Å². The highest BCUT2D eigenvalue weighted by Crippen LogP contribution is 2.06.